The van der Waals surface area contributed by atoms with Crippen molar-refractivity contribution in [3.63, 3.8) is 0 Å². The molecule has 35 heavy (non-hydrogen) atoms. The van der Waals surface area contributed by atoms with Crippen molar-refractivity contribution >= 4 is 29.3 Å². The molecule has 1 aromatic carbocycles. The maximum absolute atomic E-state index is 13.0. The molecule has 0 saturated carbocycles. The van der Waals surface area contributed by atoms with E-state index in [9.17, 15) is 4.79 Å². The third-order valence-electron chi connectivity index (χ3n) is 6.20. The first kappa shape index (κ1) is 23.2. The van der Waals surface area contributed by atoms with Gasteiger partial charge in [0.15, 0.2) is 0 Å². The van der Waals surface area contributed by atoms with Gasteiger partial charge in [-0.3, -0.25) is 14.5 Å². The molecule has 180 valence electrons. The zero-order chi connectivity index (χ0) is 24.5. The first-order chi connectivity index (χ1) is 17.0. The van der Waals surface area contributed by atoms with Gasteiger partial charge in [-0.15, -0.1) is 11.8 Å². The van der Waals surface area contributed by atoms with E-state index in [0.717, 1.165) is 52.9 Å². The van der Waals surface area contributed by atoms with Crippen molar-refractivity contribution in [2.45, 2.75) is 32.6 Å². The summed E-state index contributed by atoms with van der Waals surface area (Å²) in [6.07, 6.45) is 1.81. The van der Waals surface area contributed by atoms with Crippen LogP contribution in [0.3, 0.4) is 0 Å². The second kappa shape index (κ2) is 9.58. The number of nitrogens with one attached hydrogen (secondary N) is 2. The Bertz CT molecular complexity index is 1380. The van der Waals surface area contributed by atoms with Crippen molar-refractivity contribution in [2.24, 2.45) is 7.05 Å². The predicted octanol–water partition coefficient (Wildman–Crippen LogP) is 4.82. The molecule has 0 aliphatic carbocycles. The third-order valence-corrected chi connectivity index (χ3v) is 7.46. The number of carbonyl (C=O) groups is 1. The van der Waals surface area contributed by atoms with Gasteiger partial charge in [0.1, 0.15) is 17.3 Å². The van der Waals surface area contributed by atoms with Crippen LogP contribution in [-0.2, 0) is 13.6 Å². The molecule has 4 aromatic rings. The van der Waals surface area contributed by atoms with Gasteiger partial charge in [-0.2, -0.15) is 10.2 Å². The van der Waals surface area contributed by atoms with Crippen molar-refractivity contribution in [1.29, 1.82) is 0 Å². The molecule has 0 fully saturated rings. The number of pyridine rings is 1. The first-order valence-corrected chi connectivity index (χ1v) is 12.8. The SMILES string of the molecule is CCn1nc(-c2ccccn2)c2c1NCCSC2c1ccc(C(=O)Nc2cc(C)nn2C)cc1C. The summed E-state index contributed by atoms with van der Waals surface area (Å²) in [6.45, 7) is 7.72. The number of benzene rings is 1. The van der Waals surface area contributed by atoms with Crippen LogP contribution in [0.1, 0.15) is 44.9 Å². The number of hydrogen-bond donors (Lipinski definition) is 2. The molecule has 1 amide bonds. The highest BCUT2D eigenvalue weighted by molar-refractivity contribution is 7.99. The number of amides is 1. The lowest BCUT2D eigenvalue weighted by atomic mass is 9.96. The van der Waals surface area contributed by atoms with E-state index in [2.05, 4.69) is 40.6 Å². The summed E-state index contributed by atoms with van der Waals surface area (Å²) in [5.41, 5.74) is 6.66. The quantitative estimate of drug-likeness (QED) is 0.420. The fourth-order valence-electron chi connectivity index (χ4n) is 4.53. The molecule has 3 aromatic heterocycles. The van der Waals surface area contributed by atoms with Crippen LogP contribution in [0.2, 0.25) is 0 Å². The summed E-state index contributed by atoms with van der Waals surface area (Å²) in [5, 5.41) is 15.9. The van der Waals surface area contributed by atoms with Crippen molar-refractivity contribution in [3.8, 4) is 11.4 Å². The fraction of sp³-hybridized carbons (Fsp3) is 0.308. The highest BCUT2D eigenvalue weighted by Gasteiger charge is 2.31. The second-order valence-electron chi connectivity index (χ2n) is 8.64. The molecule has 1 atom stereocenters. The maximum atomic E-state index is 13.0. The molecular weight excluding hydrogens is 458 g/mol. The highest BCUT2D eigenvalue weighted by Crippen LogP contribution is 2.46. The minimum atomic E-state index is -0.147. The molecule has 1 aliphatic rings. The minimum absolute atomic E-state index is 0.0779. The summed E-state index contributed by atoms with van der Waals surface area (Å²) >= 11 is 1.89. The Hall–Kier alpha value is -3.59. The zero-order valence-electron chi connectivity index (χ0n) is 20.4. The van der Waals surface area contributed by atoms with Crippen molar-refractivity contribution in [3.05, 3.63) is 76.6 Å². The molecule has 0 bridgehead atoms. The number of aromatic nitrogens is 5. The average molecular weight is 488 g/mol. The number of rotatable bonds is 5. The molecule has 1 aliphatic heterocycles. The lowest BCUT2D eigenvalue weighted by molar-refractivity contribution is 0.102. The van der Waals surface area contributed by atoms with Crippen LogP contribution >= 0.6 is 11.8 Å². The van der Waals surface area contributed by atoms with Crippen LogP contribution < -0.4 is 10.6 Å². The fourth-order valence-corrected chi connectivity index (χ4v) is 5.82. The van der Waals surface area contributed by atoms with E-state index in [1.807, 2.05) is 66.8 Å². The highest BCUT2D eigenvalue weighted by atomic mass is 32.2. The van der Waals surface area contributed by atoms with Crippen molar-refractivity contribution in [2.75, 3.05) is 22.9 Å². The smallest absolute Gasteiger partial charge is 0.256 e. The monoisotopic (exact) mass is 487 g/mol. The number of nitrogens with zero attached hydrogens (tertiary/aromatic N) is 5. The van der Waals surface area contributed by atoms with Crippen LogP contribution in [-0.4, -0.2) is 42.7 Å². The van der Waals surface area contributed by atoms with Gasteiger partial charge in [0.25, 0.3) is 5.91 Å². The number of aryl methyl sites for hydroxylation is 4. The molecule has 9 heteroatoms. The summed E-state index contributed by atoms with van der Waals surface area (Å²) < 4.78 is 3.71. The molecule has 0 spiro atoms. The lowest BCUT2D eigenvalue weighted by Crippen LogP contribution is -2.15. The van der Waals surface area contributed by atoms with E-state index in [4.69, 9.17) is 5.10 Å². The Kier molecular flexibility index (Phi) is 6.34. The van der Waals surface area contributed by atoms with Gasteiger partial charge in [-0.05, 0) is 56.2 Å². The molecule has 5 rings (SSSR count). The van der Waals surface area contributed by atoms with Crippen molar-refractivity contribution < 1.29 is 4.79 Å². The molecule has 0 saturated heterocycles. The Morgan fingerprint density at radius 3 is 2.74 bits per heavy atom. The summed E-state index contributed by atoms with van der Waals surface area (Å²) in [6, 6.07) is 13.7. The lowest BCUT2D eigenvalue weighted by Gasteiger charge is -2.19. The van der Waals surface area contributed by atoms with E-state index in [-0.39, 0.29) is 11.2 Å². The Morgan fingerprint density at radius 2 is 2.06 bits per heavy atom. The van der Waals surface area contributed by atoms with Gasteiger partial charge < -0.3 is 10.6 Å². The van der Waals surface area contributed by atoms with E-state index >= 15 is 0 Å². The topological polar surface area (TPSA) is 89.7 Å². The Morgan fingerprint density at radius 1 is 1.20 bits per heavy atom. The minimum Gasteiger partial charge on any atom is -0.369 e. The predicted molar refractivity (Wildman–Crippen MR) is 141 cm³/mol. The molecule has 8 nitrogen and oxygen atoms in total. The number of anilines is 2. The van der Waals surface area contributed by atoms with Gasteiger partial charge in [-0.1, -0.05) is 12.1 Å². The van der Waals surface area contributed by atoms with Gasteiger partial charge in [0.2, 0.25) is 0 Å². The largest absolute Gasteiger partial charge is 0.369 e. The van der Waals surface area contributed by atoms with Crippen LogP contribution in [0.15, 0.2) is 48.7 Å². The average Bonchev–Trinajstić information content (AvgIpc) is 3.29. The van der Waals surface area contributed by atoms with E-state index in [1.54, 1.807) is 10.9 Å². The molecule has 0 radical (unpaired) electrons. The summed E-state index contributed by atoms with van der Waals surface area (Å²) in [5.74, 6) is 2.55. The number of hydrogen-bond acceptors (Lipinski definition) is 6. The normalized spacial score (nSPS) is 15.3. The van der Waals surface area contributed by atoms with Crippen LogP contribution in [0, 0.1) is 13.8 Å². The van der Waals surface area contributed by atoms with Crippen molar-refractivity contribution in [1.82, 2.24) is 24.5 Å². The first-order valence-electron chi connectivity index (χ1n) is 11.8. The van der Waals surface area contributed by atoms with Gasteiger partial charge in [0, 0.05) is 49.3 Å². The van der Waals surface area contributed by atoms with Gasteiger partial charge in [-0.25, -0.2) is 4.68 Å². The summed E-state index contributed by atoms with van der Waals surface area (Å²) in [4.78, 5) is 17.6. The molecule has 4 heterocycles. The maximum Gasteiger partial charge on any atom is 0.256 e. The molecule has 2 N–H and O–H groups in total. The third kappa shape index (κ3) is 4.43. The molecule has 1 unspecified atom stereocenters. The zero-order valence-corrected chi connectivity index (χ0v) is 21.2. The van der Waals surface area contributed by atoms with E-state index in [1.165, 1.54) is 5.56 Å². The molecular formula is C26H29N7OS. The van der Waals surface area contributed by atoms with Gasteiger partial charge >= 0.3 is 0 Å². The van der Waals surface area contributed by atoms with Crippen LogP contribution in [0.4, 0.5) is 11.6 Å². The second-order valence-corrected chi connectivity index (χ2v) is 9.85. The van der Waals surface area contributed by atoms with E-state index in [0.29, 0.717) is 11.4 Å². The van der Waals surface area contributed by atoms with Crippen LogP contribution in [0.25, 0.3) is 11.4 Å². The Labute approximate surface area is 209 Å². The number of thioether (sulfide) groups is 1. The number of carbonyl (C=O) groups excluding carboxylic acids is 1. The van der Waals surface area contributed by atoms with Crippen LogP contribution in [0.5, 0.6) is 0 Å². The standard InChI is InChI=1S/C26H29N7OS/c1-5-33-25-22(23(31-33)20-8-6-7-11-27-20)24(35-13-12-28-25)19-10-9-18(14-16(19)2)26(34)29-21-15-17(3)30-32(21)4/h6-11,14-15,24,28H,5,12-13H2,1-4H3,(H,29,34). The summed E-state index contributed by atoms with van der Waals surface area (Å²) in [7, 11) is 1.82. The Balaban J connectivity index is 1.53. The number of fused-ring (bicyclic) bond motifs is 1. The van der Waals surface area contributed by atoms with Gasteiger partial charge in [0.05, 0.1) is 16.6 Å². The van der Waals surface area contributed by atoms with E-state index < -0.39 is 0 Å².